The SMILES string of the molecule is CC(COCC1([SiH3])CCCCO1)c1ccccc1. The van der Waals surface area contributed by atoms with E-state index >= 15 is 0 Å². The van der Waals surface area contributed by atoms with E-state index in [1.807, 2.05) is 0 Å². The molecule has 1 heterocycles. The Bertz CT molecular complexity index is 347. The van der Waals surface area contributed by atoms with Crippen LogP contribution in [0.5, 0.6) is 0 Å². The zero-order chi connectivity index (χ0) is 12.8. The first-order chi connectivity index (χ1) is 8.70. The van der Waals surface area contributed by atoms with Gasteiger partial charge >= 0.3 is 0 Å². The highest BCUT2D eigenvalue weighted by Crippen LogP contribution is 2.23. The van der Waals surface area contributed by atoms with Crippen molar-refractivity contribution >= 4 is 10.2 Å². The van der Waals surface area contributed by atoms with Crippen molar-refractivity contribution in [3.8, 4) is 0 Å². The van der Waals surface area contributed by atoms with Crippen LogP contribution in [0.2, 0.25) is 0 Å². The van der Waals surface area contributed by atoms with E-state index < -0.39 is 0 Å². The van der Waals surface area contributed by atoms with Crippen LogP contribution in [0.1, 0.15) is 37.7 Å². The van der Waals surface area contributed by atoms with E-state index in [1.54, 1.807) is 0 Å². The maximum absolute atomic E-state index is 5.90. The van der Waals surface area contributed by atoms with Crippen molar-refractivity contribution in [2.24, 2.45) is 0 Å². The molecule has 0 aliphatic carbocycles. The summed E-state index contributed by atoms with van der Waals surface area (Å²) < 4.78 is 11.8. The Balaban J connectivity index is 1.75. The van der Waals surface area contributed by atoms with Gasteiger partial charge in [-0.2, -0.15) is 0 Å². The molecule has 2 unspecified atom stereocenters. The normalized spacial score (nSPS) is 26.1. The van der Waals surface area contributed by atoms with Gasteiger partial charge in [0, 0.05) is 22.8 Å². The van der Waals surface area contributed by atoms with Crippen molar-refractivity contribution in [1.82, 2.24) is 0 Å². The van der Waals surface area contributed by atoms with Crippen molar-refractivity contribution in [2.75, 3.05) is 19.8 Å². The monoisotopic (exact) mass is 264 g/mol. The fourth-order valence-electron chi connectivity index (χ4n) is 2.43. The van der Waals surface area contributed by atoms with Gasteiger partial charge in [-0.1, -0.05) is 37.3 Å². The Labute approximate surface area is 113 Å². The second kappa shape index (κ2) is 6.50. The smallest absolute Gasteiger partial charge is 0.0716 e. The zero-order valence-electron chi connectivity index (χ0n) is 11.5. The van der Waals surface area contributed by atoms with Gasteiger partial charge in [-0.25, -0.2) is 0 Å². The maximum atomic E-state index is 5.90. The van der Waals surface area contributed by atoms with Gasteiger partial charge in [0.2, 0.25) is 0 Å². The molecule has 0 bridgehead atoms. The first-order valence-corrected chi connectivity index (χ1v) is 7.96. The summed E-state index contributed by atoms with van der Waals surface area (Å²) in [6.07, 6.45) is 3.68. The summed E-state index contributed by atoms with van der Waals surface area (Å²) in [4.78, 5) is 0. The van der Waals surface area contributed by atoms with Crippen LogP contribution in [0.15, 0.2) is 30.3 Å². The fraction of sp³-hybridized carbons (Fsp3) is 0.600. The number of ether oxygens (including phenoxy) is 2. The first kappa shape index (κ1) is 13.8. The minimum atomic E-state index is 0.0780. The molecule has 0 radical (unpaired) electrons. The van der Waals surface area contributed by atoms with E-state index in [1.165, 1.54) is 24.8 Å². The Morgan fingerprint density at radius 1 is 1.33 bits per heavy atom. The second-order valence-corrected chi connectivity index (χ2v) is 7.40. The summed E-state index contributed by atoms with van der Waals surface area (Å²) in [5.41, 5.74) is 1.35. The lowest BCUT2D eigenvalue weighted by atomic mass is 10.0. The van der Waals surface area contributed by atoms with Crippen LogP contribution in [-0.2, 0) is 9.47 Å². The molecule has 0 spiro atoms. The van der Waals surface area contributed by atoms with Crippen LogP contribution in [0.3, 0.4) is 0 Å². The van der Waals surface area contributed by atoms with E-state index in [2.05, 4.69) is 37.3 Å². The molecule has 0 amide bonds. The van der Waals surface area contributed by atoms with Gasteiger partial charge in [0.25, 0.3) is 0 Å². The van der Waals surface area contributed by atoms with Gasteiger partial charge in [-0.3, -0.25) is 0 Å². The molecule has 2 rings (SSSR count). The topological polar surface area (TPSA) is 18.5 Å². The van der Waals surface area contributed by atoms with Crippen molar-refractivity contribution in [3.63, 3.8) is 0 Å². The molecule has 3 heteroatoms. The molecular weight excluding hydrogens is 240 g/mol. The minimum absolute atomic E-state index is 0.0780. The lowest BCUT2D eigenvalue weighted by Gasteiger charge is -2.34. The van der Waals surface area contributed by atoms with E-state index in [0.29, 0.717) is 5.92 Å². The zero-order valence-corrected chi connectivity index (χ0v) is 13.5. The molecule has 0 N–H and O–H groups in total. The molecule has 1 aliphatic heterocycles. The predicted octanol–water partition coefficient (Wildman–Crippen LogP) is 2.07. The van der Waals surface area contributed by atoms with Gasteiger partial charge in [0.15, 0.2) is 0 Å². The minimum Gasteiger partial charge on any atom is -0.378 e. The summed E-state index contributed by atoms with van der Waals surface area (Å²) in [5, 5.41) is 0.0780. The highest BCUT2D eigenvalue weighted by molar-refractivity contribution is 6.14. The van der Waals surface area contributed by atoms with Gasteiger partial charge in [0.1, 0.15) is 0 Å². The van der Waals surface area contributed by atoms with E-state index in [9.17, 15) is 0 Å². The molecule has 100 valence electrons. The number of rotatable bonds is 5. The Morgan fingerprint density at radius 3 is 2.78 bits per heavy atom. The van der Waals surface area contributed by atoms with Crippen LogP contribution in [0.25, 0.3) is 0 Å². The molecule has 1 saturated heterocycles. The lowest BCUT2D eigenvalue weighted by Crippen LogP contribution is -2.41. The van der Waals surface area contributed by atoms with Crippen LogP contribution in [-0.4, -0.2) is 35.3 Å². The van der Waals surface area contributed by atoms with Gasteiger partial charge in [-0.05, 0) is 24.8 Å². The molecule has 0 saturated carbocycles. The molecule has 2 nitrogen and oxygen atoms in total. The van der Waals surface area contributed by atoms with Gasteiger partial charge in [0.05, 0.1) is 18.4 Å². The number of hydrogen-bond donors (Lipinski definition) is 0. The molecule has 1 aromatic carbocycles. The van der Waals surface area contributed by atoms with Crippen molar-refractivity contribution in [3.05, 3.63) is 35.9 Å². The summed E-state index contributed by atoms with van der Waals surface area (Å²) in [6, 6.07) is 10.6. The quantitative estimate of drug-likeness (QED) is 0.758. The summed E-state index contributed by atoms with van der Waals surface area (Å²) in [7, 11) is 1.06. The third-order valence-corrected chi connectivity index (χ3v) is 4.77. The van der Waals surface area contributed by atoms with Crippen LogP contribution in [0, 0.1) is 0 Å². The highest BCUT2D eigenvalue weighted by Gasteiger charge is 2.27. The molecule has 18 heavy (non-hydrogen) atoms. The number of benzene rings is 1. The van der Waals surface area contributed by atoms with Crippen LogP contribution < -0.4 is 0 Å². The summed E-state index contributed by atoms with van der Waals surface area (Å²) >= 11 is 0. The summed E-state index contributed by atoms with van der Waals surface area (Å²) in [5.74, 6) is 0.458. The van der Waals surface area contributed by atoms with Crippen LogP contribution in [0.4, 0.5) is 0 Å². The van der Waals surface area contributed by atoms with E-state index in [4.69, 9.17) is 9.47 Å². The average Bonchev–Trinajstić information content (AvgIpc) is 2.40. The molecule has 1 aromatic rings. The highest BCUT2D eigenvalue weighted by atomic mass is 28.1. The standard InChI is InChI=1S/C15H24O2Si/c1-13(14-7-3-2-4-8-14)11-16-12-15(18)9-5-6-10-17-15/h2-4,7-8,13H,5-6,9-12H2,1,18H3. The van der Waals surface area contributed by atoms with E-state index in [0.717, 1.165) is 30.1 Å². The van der Waals surface area contributed by atoms with E-state index in [-0.39, 0.29) is 5.22 Å². The van der Waals surface area contributed by atoms with Crippen molar-refractivity contribution in [1.29, 1.82) is 0 Å². The Hall–Kier alpha value is -0.643. The maximum Gasteiger partial charge on any atom is 0.0716 e. The average molecular weight is 264 g/mol. The number of hydrogen-bond acceptors (Lipinski definition) is 2. The second-order valence-electron chi connectivity index (χ2n) is 5.58. The Kier molecular flexibility index (Phi) is 4.98. The molecule has 0 aromatic heterocycles. The molecule has 1 aliphatic rings. The summed E-state index contributed by atoms with van der Waals surface area (Å²) in [6.45, 7) is 4.70. The molecule has 1 fully saturated rings. The van der Waals surface area contributed by atoms with Crippen LogP contribution >= 0.6 is 0 Å². The molecule has 2 atom stereocenters. The van der Waals surface area contributed by atoms with Gasteiger partial charge < -0.3 is 9.47 Å². The lowest BCUT2D eigenvalue weighted by molar-refractivity contribution is -0.0712. The fourth-order valence-corrected chi connectivity index (χ4v) is 3.20. The Morgan fingerprint density at radius 2 is 2.11 bits per heavy atom. The van der Waals surface area contributed by atoms with Gasteiger partial charge in [-0.15, -0.1) is 0 Å². The van der Waals surface area contributed by atoms with Crippen molar-refractivity contribution < 1.29 is 9.47 Å². The predicted molar refractivity (Wildman–Crippen MR) is 78.1 cm³/mol. The third kappa shape index (κ3) is 3.94. The molecular formula is C15H24O2Si. The third-order valence-electron chi connectivity index (χ3n) is 3.69. The largest absolute Gasteiger partial charge is 0.378 e. The van der Waals surface area contributed by atoms with Crippen molar-refractivity contribution in [2.45, 2.75) is 37.3 Å². The first-order valence-electron chi connectivity index (χ1n) is 6.96.